The summed E-state index contributed by atoms with van der Waals surface area (Å²) in [5, 5.41) is 4.36. The molecule has 0 saturated carbocycles. The Kier molecular flexibility index (Phi) is 4.90. The lowest BCUT2D eigenvalue weighted by atomic mass is 10.2. The van der Waals surface area contributed by atoms with E-state index in [0.29, 0.717) is 26.8 Å². The fourth-order valence-electron chi connectivity index (χ4n) is 2.76. The largest absolute Gasteiger partial charge is 0.493 e. The summed E-state index contributed by atoms with van der Waals surface area (Å²) in [6.07, 6.45) is 5.59. The maximum absolute atomic E-state index is 12.6. The Bertz CT molecular complexity index is 1260. The molecule has 6 nitrogen and oxygen atoms in total. The van der Waals surface area contributed by atoms with Crippen molar-refractivity contribution in [3.8, 4) is 22.9 Å². The third-order valence-electron chi connectivity index (χ3n) is 4.16. The fraction of sp³-hybridized carbons (Fsp3) is 0.0952. The minimum absolute atomic E-state index is 0.183. The molecule has 0 atom stereocenters. The van der Waals surface area contributed by atoms with Crippen LogP contribution in [-0.4, -0.2) is 28.8 Å². The number of ether oxygens (including phenoxy) is 2. The van der Waals surface area contributed by atoms with Gasteiger partial charge in [0.15, 0.2) is 17.3 Å². The van der Waals surface area contributed by atoms with E-state index in [-0.39, 0.29) is 5.56 Å². The third-order valence-corrected chi connectivity index (χ3v) is 5.14. The van der Waals surface area contributed by atoms with Gasteiger partial charge in [0.05, 0.1) is 18.8 Å². The number of rotatable bonds is 5. The summed E-state index contributed by atoms with van der Waals surface area (Å²) in [5.41, 5.74) is 1.64. The third kappa shape index (κ3) is 3.39. The van der Waals surface area contributed by atoms with E-state index in [1.807, 2.05) is 48.6 Å². The van der Waals surface area contributed by atoms with Crippen molar-refractivity contribution >= 4 is 28.4 Å². The van der Waals surface area contributed by atoms with Gasteiger partial charge in [-0.15, -0.1) is 5.10 Å². The van der Waals surface area contributed by atoms with Gasteiger partial charge >= 0.3 is 0 Å². The molecular weight excluding hydrogens is 374 g/mol. The number of hydrogen-bond acceptors (Lipinski definition) is 6. The lowest BCUT2D eigenvalue weighted by Crippen LogP contribution is -2.23. The van der Waals surface area contributed by atoms with Crippen molar-refractivity contribution in [2.75, 3.05) is 14.2 Å². The first-order valence-electron chi connectivity index (χ1n) is 8.55. The van der Waals surface area contributed by atoms with Crippen LogP contribution in [0.4, 0.5) is 0 Å². The Morgan fingerprint density at radius 2 is 1.82 bits per heavy atom. The number of thiazole rings is 1. The molecule has 0 unspecified atom stereocenters. The molecule has 0 aliphatic rings. The lowest BCUT2D eigenvalue weighted by Gasteiger charge is -2.07. The number of benzene rings is 2. The highest BCUT2D eigenvalue weighted by Gasteiger charge is 2.13. The minimum atomic E-state index is -0.183. The molecule has 2 aromatic carbocycles. The van der Waals surface area contributed by atoms with E-state index >= 15 is 0 Å². The number of fused-ring (bicyclic) bond motifs is 1. The molecule has 0 saturated heterocycles. The molecule has 0 radical (unpaired) electrons. The Balaban J connectivity index is 1.68. The summed E-state index contributed by atoms with van der Waals surface area (Å²) in [6, 6.07) is 15.3. The van der Waals surface area contributed by atoms with E-state index in [9.17, 15) is 4.79 Å². The van der Waals surface area contributed by atoms with E-state index in [0.717, 1.165) is 11.1 Å². The predicted octanol–water partition coefficient (Wildman–Crippen LogP) is 3.05. The van der Waals surface area contributed by atoms with Gasteiger partial charge < -0.3 is 9.47 Å². The summed E-state index contributed by atoms with van der Waals surface area (Å²) in [7, 11) is 3.15. The van der Waals surface area contributed by atoms with E-state index in [4.69, 9.17) is 9.47 Å². The average Bonchev–Trinajstić information content (AvgIpc) is 3.28. The Labute approximate surface area is 165 Å². The Morgan fingerprint density at radius 3 is 2.54 bits per heavy atom. The van der Waals surface area contributed by atoms with Crippen LogP contribution in [-0.2, 0) is 0 Å². The van der Waals surface area contributed by atoms with E-state index in [1.165, 1.54) is 15.9 Å². The van der Waals surface area contributed by atoms with Crippen LogP contribution >= 0.6 is 11.3 Å². The molecule has 0 N–H and O–H groups in total. The standard InChI is InChI=1S/C21H17N3O3S/c1-26-16-12-11-15(13-17(16)27-2)19-22-21-24(23-19)20(25)18(28-21)10-6-9-14-7-4-3-5-8-14/h3-13H,1-2H3/b9-6+,18-10+. The zero-order valence-electron chi connectivity index (χ0n) is 15.3. The maximum Gasteiger partial charge on any atom is 0.291 e. The van der Waals surface area contributed by atoms with Gasteiger partial charge in [-0.2, -0.15) is 9.50 Å². The second-order valence-electron chi connectivity index (χ2n) is 5.91. The normalized spacial score (nSPS) is 12.1. The molecule has 0 aliphatic heterocycles. The molecule has 140 valence electrons. The second-order valence-corrected chi connectivity index (χ2v) is 6.92. The molecule has 0 bridgehead atoms. The second kappa shape index (κ2) is 7.66. The van der Waals surface area contributed by atoms with E-state index in [1.54, 1.807) is 32.4 Å². The van der Waals surface area contributed by atoms with Crippen LogP contribution in [0.3, 0.4) is 0 Å². The van der Waals surface area contributed by atoms with Crippen LogP contribution in [0.15, 0.2) is 59.4 Å². The van der Waals surface area contributed by atoms with E-state index in [2.05, 4.69) is 10.1 Å². The van der Waals surface area contributed by atoms with Gasteiger partial charge in [-0.1, -0.05) is 53.8 Å². The Hall–Kier alpha value is -3.45. The summed E-state index contributed by atoms with van der Waals surface area (Å²) in [5.74, 6) is 1.68. The van der Waals surface area contributed by atoms with E-state index < -0.39 is 0 Å². The molecule has 28 heavy (non-hydrogen) atoms. The van der Waals surface area contributed by atoms with Gasteiger partial charge in [0.25, 0.3) is 5.56 Å². The zero-order chi connectivity index (χ0) is 19.5. The summed E-state index contributed by atoms with van der Waals surface area (Å²) < 4.78 is 12.5. The molecular formula is C21H17N3O3S. The molecule has 4 aromatic rings. The molecule has 4 rings (SSSR count). The van der Waals surface area contributed by atoms with Crippen LogP contribution in [0.1, 0.15) is 5.56 Å². The predicted molar refractivity (Wildman–Crippen MR) is 111 cm³/mol. The van der Waals surface area contributed by atoms with Crippen molar-refractivity contribution < 1.29 is 9.47 Å². The summed E-state index contributed by atoms with van der Waals surface area (Å²) in [6.45, 7) is 0. The van der Waals surface area contributed by atoms with Crippen LogP contribution < -0.4 is 19.6 Å². The zero-order valence-corrected chi connectivity index (χ0v) is 16.1. The minimum Gasteiger partial charge on any atom is -0.493 e. The SMILES string of the molecule is COc1ccc(-c2nc3s/c(=C/C=C/c4ccccc4)c(=O)n3n2)cc1OC. The average molecular weight is 391 g/mol. The van der Waals surface area contributed by atoms with Crippen LogP contribution in [0.5, 0.6) is 11.5 Å². The number of aromatic nitrogens is 3. The van der Waals surface area contributed by atoms with Crippen LogP contribution in [0.25, 0.3) is 28.5 Å². The first-order chi connectivity index (χ1) is 13.7. The van der Waals surface area contributed by atoms with Crippen molar-refractivity contribution in [3.63, 3.8) is 0 Å². The highest BCUT2D eigenvalue weighted by Crippen LogP contribution is 2.31. The first-order valence-corrected chi connectivity index (χ1v) is 9.36. The number of methoxy groups -OCH3 is 2. The molecule has 0 aliphatic carbocycles. The molecule has 0 fully saturated rings. The van der Waals surface area contributed by atoms with Crippen molar-refractivity contribution in [3.05, 3.63) is 75.1 Å². The summed E-state index contributed by atoms with van der Waals surface area (Å²) in [4.78, 5) is 17.6. The quantitative estimate of drug-likeness (QED) is 0.523. The number of nitrogens with zero attached hydrogens (tertiary/aromatic N) is 3. The Morgan fingerprint density at radius 1 is 1.04 bits per heavy atom. The summed E-state index contributed by atoms with van der Waals surface area (Å²) >= 11 is 1.31. The van der Waals surface area contributed by atoms with Crippen molar-refractivity contribution in [1.29, 1.82) is 0 Å². The topological polar surface area (TPSA) is 65.7 Å². The molecule has 7 heteroatoms. The molecule has 2 heterocycles. The van der Waals surface area contributed by atoms with Gasteiger partial charge in [-0.3, -0.25) is 4.79 Å². The van der Waals surface area contributed by atoms with Gasteiger partial charge in [0.2, 0.25) is 4.96 Å². The highest BCUT2D eigenvalue weighted by molar-refractivity contribution is 7.15. The van der Waals surface area contributed by atoms with Gasteiger partial charge in [-0.25, -0.2) is 0 Å². The smallest absolute Gasteiger partial charge is 0.291 e. The number of hydrogen-bond donors (Lipinski definition) is 0. The first kappa shape index (κ1) is 17.9. The molecule has 0 amide bonds. The molecule has 0 spiro atoms. The fourth-order valence-corrected chi connectivity index (χ4v) is 3.62. The highest BCUT2D eigenvalue weighted by atomic mass is 32.1. The maximum atomic E-state index is 12.6. The number of allylic oxidation sites excluding steroid dienone is 1. The lowest BCUT2D eigenvalue weighted by molar-refractivity contribution is 0.355. The van der Waals surface area contributed by atoms with Crippen LogP contribution in [0.2, 0.25) is 0 Å². The monoisotopic (exact) mass is 391 g/mol. The van der Waals surface area contributed by atoms with Crippen molar-refractivity contribution in [2.24, 2.45) is 0 Å². The molecule has 2 aromatic heterocycles. The van der Waals surface area contributed by atoms with Gasteiger partial charge in [0, 0.05) is 5.56 Å². The van der Waals surface area contributed by atoms with Gasteiger partial charge in [-0.05, 0) is 29.8 Å². The van der Waals surface area contributed by atoms with Crippen LogP contribution in [0, 0.1) is 0 Å². The van der Waals surface area contributed by atoms with Crippen molar-refractivity contribution in [2.45, 2.75) is 0 Å². The van der Waals surface area contributed by atoms with Gasteiger partial charge in [0.1, 0.15) is 0 Å². The van der Waals surface area contributed by atoms with Crippen molar-refractivity contribution in [1.82, 2.24) is 14.6 Å².